The van der Waals surface area contributed by atoms with E-state index in [0.29, 0.717) is 29.6 Å². The number of nitrogens with zero attached hydrogens (tertiary/aromatic N) is 2. The Labute approximate surface area is 263 Å². The van der Waals surface area contributed by atoms with Crippen molar-refractivity contribution in [2.24, 2.45) is 23.7 Å². The minimum Gasteiger partial charge on any atom is -0.340 e. The molecular weight excluding hydrogens is 532 g/mol. The molecule has 0 bridgehead atoms. The number of aromatic nitrogens is 2. The fourth-order valence-corrected chi connectivity index (χ4v) is 7.92. The van der Waals surface area contributed by atoms with Gasteiger partial charge in [0.1, 0.15) is 0 Å². The van der Waals surface area contributed by atoms with E-state index in [0.717, 1.165) is 25.9 Å². The maximum Gasteiger partial charge on any atom is 0.0491 e. The van der Waals surface area contributed by atoms with Crippen LogP contribution < -0.4 is 10.6 Å². The van der Waals surface area contributed by atoms with Crippen LogP contribution in [-0.2, 0) is 25.9 Å². The minimum atomic E-state index is 0.391. The van der Waals surface area contributed by atoms with E-state index < -0.39 is 0 Å². The number of hydrogen-bond donors (Lipinski definition) is 0. The molecule has 3 unspecified atom stereocenters. The third-order valence-electron chi connectivity index (χ3n) is 10.0. The molecule has 0 aliphatic heterocycles. The standard InChI is InChI=1S/C42H48N2/c1-28(2)26-43-39-17-10-9-16-35(39)36-24-33(18-20-40(36)43)34-19-21-41-37(25-34)38-23-32(15-11-14-31-12-7-6-8-13-31)30(5)22-42(38)44(41)27-29(3)4/h6-10,12-13,16-23,25,28-30,32-33H,11,14-15,24,26-27H2,1-5H3. The van der Waals surface area contributed by atoms with Crippen molar-refractivity contribution < 1.29 is 0 Å². The van der Waals surface area contributed by atoms with Crippen LogP contribution in [0.5, 0.6) is 0 Å². The second-order valence-electron chi connectivity index (χ2n) is 14.4. The molecule has 2 heteroatoms. The van der Waals surface area contributed by atoms with Crippen molar-refractivity contribution >= 4 is 40.0 Å². The normalized spacial score (nSPS) is 19.4. The van der Waals surface area contributed by atoms with Crippen molar-refractivity contribution in [2.75, 3.05) is 0 Å². The number of allylic oxidation sites excluding steroid dienone is 1. The second-order valence-corrected chi connectivity index (χ2v) is 14.4. The van der Waals surface area contributed by atoms with E-state index in [1.165, 1.54) is 67.6 Å². The van der Waals surface area contributed by atoms with Crippen molar-refractivity contribution in [1.82, 2.24) is 9.13 Å². The van der Waals surface area contributed by atoms with Gasteiger partial charge in [0, 0.05) is 57.1 Å². The molecule has 2 heterocycles. The van der Waals surface area contributed by atoms with E-state index >= 15 is 0 Å². The van der Waals surface area contributed by atoms with Gasteiger partial charge in [-0.05, 0) is 90.3 Å². The van der Waals surface area contributed by atoms with E-state index in [1.807, 2.05) is 0 Å². The van der Waals surface area contributed by atoms with Gasteiger partial charge in [0.25, 0.3) is 0 Å². The fraction of sp³-hybridized carbons (Fsp3) is 0.381. The van der Waals surface area contributed by atoms with Gasteiger partial charge in [-0.25, -0.2) is 0 Å². The number of para-hydroxylation sites is 1. The Balaban J connectivity index is 1.26. The summed E-state index contributed by atoms with van der Waals surface area (Å²) in [5.74, 6) is 2.74. The highest BCUT2D eigenvalue weighted by Gasteiger charge is 2.25. The van der Waals surface area contributed by atoms with Crippen LogP contribution in [0.25, 0.3) is 40.0 Å². The molecule has 0 fully saturated rings. The first-order valence-corrected chi connectivity index (χ1v) is 17.1. The van der Waals surface area contributed by atoms with E-state index in [4.69, 9.17) is 0 Å². The van der Waals surface area contributed by atoms with Gasteiger partial charge in [0.15, 0.2) is 0 Å². The SMILES string of the molecule is CC(C)Cn1c2c(c3ccccc31)CC(c1ccc3c(c1)c1c(n3CC(C)C)=CC(C)C(CCCc3ccccc3)C=1)C=C2. The minimum absolute atomic E-state index is 0.391. The Kier molecular flexibility index (Phi) is 7.87. The average molecular weight is 581 g/mol. The monoisotopic (exact) mass is 580 g/mol. The van der Waals surface area contributed by atoms with Crippen LogP contribution in [0.4, 0.5) is 0 Å². The van der Waals surface area contributed by atoms with Crippen LogP contribution in [-0.4, -0.2) is 9.13 Å². The highest BCUT2D eigenvalue weighted by Crippen LogP contribution is 2.37. The summed E-state index contributed by atoms with van der Waals surface area (Å²) in [6, 6.07) is 27.4. The molecule has 0 saturated heterocycles. The zero-order valence-corrected chi connectivity index (χ0v) is 27.3. The molecule has 2 nitrogen and oxygen atoms in total. The van der Waals surface area contributed by atoms with Crippen LogP contribution in [0.2, 0.25) is 0 Å². The van der Waals surface area contributed by atoms with Gasteiger partial charge in [-0.2, -0.15) is 0 Å². The van der Waals surface area contributed by atoms with Gasteiger partial charge in [0.05, 0.1) is 0 Å². The third-order valence-corrected chi connectivity index (χ3v) is 10.0. The van der Waals surface area contributed by atoms with Crippen LogP contribution in [0.1, 0.15) is 75.8 Å². The molecule has 7 rings (SSSR count). The predicted octanol–water partition coefficient (Wildman–Crippen LogP) is 9.11. The lowest BCUT2D eigenvalue weighted by atomic mass is 9.84. The Bertz CT molecular complexity index is 1950. The molecule has 0 amide bonds. The quantitative estimate of drug-likeness (QED) is 0.165. The van der Waals surface area contributed by atoms with Crippen LogP contribution >= 0.6 is 0 Å². The summed E-state index contributed by atoms with van der Waals surface area (Å²) in [4.78, 5) is 0. The maximum absolute atomic E-state index is 2.64. The van der Waals surface area contributed by atoms with Gasteiger partial charge in [-0.15, -0.1) is 0 Å². The summed E-state index contributed by atoms with van der Waals surface area (Å²) in [6.07, 6.45) is 14.8. The molecule has 2 aliphatic carbocycles. The summed E-state index contributed by atoms with van der Waals surface area (Å²) in [7, 11) is 0. The molecule has 0 N–H and O–H groups in total. The summed E-state index contributed by atoms with van der Waals surface area (Å²) < 4.78 is 5.16. The largest absolute Gasteiger partial charge is 0.340 e. The molecule has 2 aliphatic rings. The van der Waals surface area contributed by atoms with Crippen LogP contribution in [0.3, 0.4) is 0 Å². The summed E-state index contributed by atoms with van der Waals surface area (Å²) in [6.45, 7) is 13.9. The lowest BCUT2D eigenvalue weighted by Gasteiger charge is -2.21. The first-order chi connectivity index (χ1) is 21.4. The fourth-order valence-electron chi connectivity index (χ4n) is 7.92. The summed E-state index contributed by atoms with van der Waals surface area (Å²) in [5.41, 5.74) is 8.59. The van der Waals surface area contributed by atoms with Crippen molar-refractivity contribution in [1.29, 1.82) is 0 Å². The Morgan fingerprint density at radius 3 is 2.30 bits per heavy atom. The molecule has 2 aromatic heterocycles. The van der Waals surface area contributed by atoms with E-state index in [2.05, 4.69) is 141 Å². The number of aryl methyl sites for hydroxylation is 1. The van der Waals surface area contributed by atoms with Crippen molar-refractivity contribution in [3.63, 3.8) is 0 Å². The number of rotatable bonds is 9. The number of hydrogen-bond acceptors (Lipinski definition) is 0. The molecule has 3 atom stereocenters. The number of benzene rings is 3. The van der Waals surface area contributed by atoms with E-state index in [1.54, 1.807) is 0 Å². The topological polar surface area (TPSA) is 9.86 Å². The smallest absolute Gasteiger partial charge is 0.0491 e. The van der Waals surface area contributed by atoms with Crippen molar-refractivity contribution in [3.8, 4) is 0 Å². The van der Waals surface area contributed by atoms with Gasteiger partial charge in [-0.3, -0.25) is 0 Å². The second kappa shape index (κ2) is 12.0. The van der Waals surface area contributed by atoms with E-state index in [-0.39, 0.29) is 0 Å². The molecule has 0 radical (unpaired) electrons. The first kappa shape index (κ1) is 29.0. The zero-order chi connectivity index (χ0) is 30.4. The van der Waals surface area contributed by atoms with Crippen molar-refractivity contribution in [3.05, 3.63) is 112 Å². The average Bonchev–Trinajstić information content (AvgIpc) is 3.48. The van der Waals surface area contributed by atoms with Gasteiger partial charge < -0.3 is 9.13 Å². The van der Waals surface area contributed by atoms with Gasteiger partial charge >= 0.3 is 0 Å². The molecular formula is C42H48N2. The molecule has 226 valence electrons. The molecule has 44 heavy (non-hydrogen) atoms. The van der Waals surface area contributed by atoms with Crippen LogP contribution in [0, 0.1) is 23.7 Å². The lowest BCUT2D eigenvalue weighted by Crippen LogP contribution is -2.36. The third kappa shape index (κ3) is 5.38. The predicted molar refractivity (Wildman–Crippen MR) is 189 cm³/mol. The molecule has 3 aromatic carbocycles. The van der Waals surface area contributed by atoms with Gasteiger partial charge in [-0.1, -0.05) is 107 Å². The highest BCUT2D eigenvalue weighted by atomic mass is 15.0. The maximum atomic E-state index is 2.64. The first-order valence-electron chi connectivity index (χ1n) is 17.1. The lowest BCUT2D eigenvalue weighted by molar-refractivity contribution is 0.488. The summed E-state index contributed by atoms with van der Waals surface area (Å²) >= 11 is 0. The van der Waals surface area contributed by atoms with Crippen molar-refractivity contribution in [2.45, 2.75) is 79.3 Å². The molecule has 0 spiro atoms. The van der Waals surface area contributed by atoms with Gasteiger partial charge in [0.2, 0.25) is 0 Å². The molecule has 0 saturated carbocycles. The Hall–Kier alpha value is -3.78. The zero-order valence-electron chi connectivity index (χ0n) is 27.3. The number of fused-ring (bicyclic) bond motifs is 6. The highest BCUT2D eigenvalue weighted by molar-refractivity contribution is 5.89. The van der Waals surface area contributed by atoms with E-state index in [9.17, 15) is 0 Å². The Morgan fingerprint density at radius 2 is 1.50 bits per heavy atom. The Morgan fingerprint density at radius 1 is 0.773 bits per heavy atom. The van der Waals surface area contributed by atoms with Crippen LogP contribution in [0.15, 0.2) is 78.9 Å². The molecule has 5 aromatic rings. The summed E-state index contributed by atoms with van der Waals surface area (Å²) in [5, 5.41) is 5.78.